The summed E-state index contributed by atoms with van der Waals surface area (Å²) >= 11 is 1.55. The van der Waals surface area contributed by atoms with Gasteiger partial charge >= 0.3 is 6.03 Å². The van der Waals surface area contributed by atoms with Crippen molar-refractivity contribution in [1.82, 2.24) is 19.4 Å². The van der Waals surface area contributed by atoms with Crippen molar-refractivity contribution in [2.24, 2.45) is 0 Å². The number of nitrogens with zero attached hydrogens (tertiary/aromatic N) is 4. The molecule has 0 radical (unpaired) electrons. The largest absolute Gasteiger partial charge is 0.334 e. The molecule has 0 spiro atoms. The Bertz CT molecular complexity index is 601. The van der Waals surface area contributed by atoms with Crippen molar-refractivity contribution in [2.45, 2.75) is 13.5 Å². The third kappa shape index (κ3) is 3.66. The Labute approximate surface area is 134 Å². The maximum atomic E-state index is 12.2. The third-order valence-electron chi connectivity index (χ3n) is 3.99. The molecule has 3 rings (SSSR count). The Balaban J connectivity index is 1.42. The topological polar surface area (TPSA) is 53.4 Å². The quantitative estimate of drug-likeness (QED) is 0.939. The molecule has 3 heterocycles. The van der Waals surface area contributed by atoms with Gasteiger partial charge < -0.3 is 9.47 Å². The first kappa shape index (κ1) is 15.1. The first-order valence-electron chi connectivity index (χ1n) is 7.52. The lowest BCUT2D eigenvalue weighted by atomic mass is 10.3. The van der Waals surface area contributed by atoms with Crippen molar-refractivity contribution in [3.05, 3.63) is 35.7 Å². The average Bonchev–Trinajstić information content (AvgIpc) is 3.17. The van der Waals surface area contributed by atoms with Gasteiger partial charge in [-0.05, 0) is 24.4 Å². The van der Waals surface area contributed by atoms with Crippen LogP contribution in [0.4, 0.5) is 9.80 Å². The van der Waals surface area contributed by atoms with E-state index in [9.17, 15) is 4.79 Å². The second-order valence-electron chi connectivity index (χ2n) is 5.40. The van der Waals surface area contributed by atoms with Crippen molar-refractivity contribution in [3.63, 3.8) is 0 Å². The van der Waals surface area contributed by atoms with Crippen LogP contribution in [0.2, 0.25) is 0 Å². The van der Waals surface area contributed by atoms with E-state index in [4.69, 9.17) is 0 Å². The van der Waals surface area contributed by atoms with Crippen LogP contribution in [-0.2, 0) is 6.54 Å². The van der Waals surface area contributed by atoms with Gasteiger partial charge in [-0.15, -0.1) is 11.3 Å². The summed E-state index contributed by atoms with van der Waals surface area (Å²) in [4.78, 5) is 20.7. The molecule has 118 valence electrons. The molecule has 2 aromatic rings. The Morgan fingerprint density at radius 2 is 2.14 bits per heavy atom. The van der Waals surface area contributed by atoms with Gasteiger partial charge in [-0.1, -0.05) is 0 Å². The molecule has 0 unspecified atom stereocenters. The van der Waals surface area contributed by atoms with Crippen LogP contribution in [0.15, 0.2) is 29.9 Å². The zero-order chi connectivity index (χ0) is 15.4. The Morgan fingerprint density at radius 1 is 1.32 bits per heavy atom. The van der Waals surface area contributed by atoms with Crippen LogP contribution in [0.25, 0.3) is 0 Å². The summed E-state index contributed by atoms with van der Waals surface area (Å²) in [6.07, 6.45) is 3.85. The smallest absolute Gasteiger partial charge is 0.322 e. The summed E-state index contributed by atoms with van der Waals surface area (Å²) in [6, 6.07) is 3.87. The van der Waals surface area contributed by atoms with Gasteiger partial charge in [0.2, 0.25) is 0 Å². The molecule has 6 nitrogen and oxygen atoms in total. The summed E-state index contributed by atoms with van der Waals surface area (Å²) in [5, 5.41) is 5.81. The zero-order valence-electron chi connectivity index (χ0n) is 12.7. The van der Waals surface area contributed by atoms with Gasteiger partial charge in [0.05, 0.1) is 5.00 Å². The Hall–Kier alpha value is -1.86. The fourth-order valence-electron chi connectivity index (χ4n) is 2.60. The minimum absolute atomic E-state index is 0.00699. The molecule has 1 N–H and O–H groups in total. The SMILES string of the molecule is Cc1nccn1CCN1CCN(C(=O)Nc2cccs2)CC1. The fraction of sp³-hybridized carbons (Fsp3) is 0.467. The van der Waals surface area contributed by atoms with Gasteiger partial charge in [0.25, 0.3) is 0 Å². The number of aromatic nitrogens is 2. The number of rotatable bonds is 4. The highest BCUT2D eigenvalue weighted by molar-refractivity contribution is 7.14. The molecular formula is C15H21N5OS. The molecule has 1 saturated heterocycles. The molecule has 0 bridgehead atoms. The number of carbonyl (C=O) groups excluding carboxylic acids is 1. The molecule has 2 aromatic heterocycles. The predicted molar refractivity (Wildman–Crippen MR) is 88.3 cm³/mol. The summed E-state index contributed by atoms with van der Waals surface area (Å²) in [6.45, 7) is 7.37. The monoisotopic (exact) mass is 319 g/mol. The van der Waals surface area contributed by atoms with E-state index in [0.717, 1.165) is 50.1 Å². The van der Waals surface area contributed by atoms with E-state index in [2.05, 4.69) is 19.8 Å². The summed E-state index contributed by atoms with van der Waals surface area (Å²) < 4.78 is 2.16. The number of urea groups is 1. The highest BCUT2D eigenvalue weighted by Crippen LogP contribution is 2.16. The van der Waals surface area contributed by atoms with E-state index in [0.29, 0.717) is 0 Å². The van der Waals surface area contributed by atoms with Crippen molar-refractivity contribution < 1.29 is 4.79 Å². The van der Waals surface area contributed by atoms with E-state index in [-0.39, 0.29) is 6.03 Å². The minimum atomic E-state index is 0.00699. The lowest BCUT2D eigenvalue weighted by Gasteiger charge is -2.34. The van der Waals surface area contributed by atoms with E-state index < -0.39 is 0 Å². The second kappa shape index (κ2) is 6.93. The van der Waals surface area contributed by atoms with Gasteiger partial charge in [0, 0.05) is 51.7 Å². The molecule has 0 atom stereocenters. The number of aryl methyl sites for hydroxylation is 1. The van der Waals surface area contributed by atoms with Gasteiger partial charge in [-0.2, -0.15) is 0 Å². The number of nitrogens with one attached hydrogen (secondary N) is 1. The highest BCUT2D eigenvalue weighted by atomic mass is 32.1. The van der Waals surface area contributed by atoms with Crippen LogP contribution in [0.1, 0.15) is 5.82 Å². The molecule has 1 aliphatic heterocycles. The zero-order valence-corrected chi connectivity index (χ0v) is 13.6. The second-order valence-corrected chi connectivity index (χ2v) is 6.35. The Morgan fingerprint density at radius 3 is 2.77 bits per heavy atom. The number of piperazine rings is 1. The normalized spacial score (nSPS) is 16.0. The number of thiophene rings is 1. The maximum absolute atomic E-state index is 12.2. The van der Waals surface area contributed by atoms with Crippen LogP contribution in [-0.4, -0.2) is 58.1 Å². The number of hydrogen-bond donors (Lipinski definition) is 1. The lowest BCUT2D eigenvalue weighted by molar-refractivity contribution is 0.144. The number of carbonyl (C=O) groups is 1. The van der Waals surface area contributed by atoms with E-state index >= 15 is 0 Å². The average molecular weight is 319 g/mol. The molecule has 0 aromatic carbocycles. The highest BCUT2D eigenvalue weighted by Gasteiger charge is 2.21. The van der Waals surface area contributed by atoms with Gasteiger partial charge in [-0.25, -0.2) is 9.78 Å². The van der Waals surface area contributed by atoms with Gasteiger partial charge in [0.15, 0.2) is 0 Å². The van der Waals surface area contributed by atoms with E-state index in [1.54, 1.807) is 11.3 Å². The predicted octanol–water partition coefficient (Wildman–Crippen LogP) is 2.10. The third-order valence-corrected chi connectivity index (χ3v) is 4.78. The fourth-order valence-corrected chi connectivity index (χ4v) is 3.21. The molecule has 0 saturated carbocycles. The van der Waals surface area contributed by atoms with Crippen molar-refractivity contribution in [3.8, 4) is 0 Å². The first-order chi connectivity index (χ1) is 10.7. The molecule has 22 heavy (non-hydrogen) atoms. The lowest BCUT2D eigenvalue weighted by Crippen LogP contribution is -2.50. The van der Waals surface area contributed by atoms with Crippen molar-refractivity contribution in [1.29, 1.82) is 0 Å². The molecule has 2 amide bonds. The molecule has 1 aliphatic rings. The van der Waals surface area contributed by atoms with Crippen molar-refractivity contribution >= 4 is 22.4 Å². The van der Waals surface area contributed by atoms with Crippen LogP contribution in [0.3, 0.4) is 0 Å². The summed E-state index contributed by atoms with van der Waals surface area (Å²) in [7, 11) is 0. The molecular weight excluding hydrogens is 298 g/mol. The molecule has 7 heteroatoms. The number of hydrogen-bond acceptors (Lipinski definition) is 4. The number of amides is 2. The molecule has 0 aliphatic carbocycles. The maximum Gasteiger partial charge on any atom is 0.322 e. The standard InChI is InChI=1S/C15H21N5OS/c1-13-16-4-5-19(13)9-6-18-7-10-20(11-8-18)15(21)17-14-3-2-12-22-14/h2-5,12H,6-11H2,1H3,(H,17,21). The van der Waals surface area contributed by atoms with Crippen LogP contribution in [0, 0.1) is 6.92 Å². The number of anilines is 1. The van der Waals surface area contributed by atoms with Crippen LogP contribution >= 0.6 is 11.3 Å². The van der Waals surface area contributed by atoms with Gasteiger partial charge in [0.1, 0.15) is 5.82 Å². The first-order valence-corrected chi connectivity index (χ1v) is 8.40. The van der Waals surface area contributed by atoms with E-state index in [1.165, 1.54) is 0 Å². The Kier molecular flexibility index (Phi) is 4.74. The summed E-state index contributed by atoms with van der Waals surface area (Å²) in [5.41, 5.74) is 0. The van der Waals surface area contributed by atoms with Gasteiger partial charge in [-0.3, -0.25) is 10.2 Å². The van der Waals surface area contributed by atoms with Crippen LogP contribution < -0.4 is 5.32 Å². The summed E-state index contributed by atoms with van der Waals surface area (Å²) in [5.74, 6) is 1.05. The number of imidazole rings is 1. The van der Waals surface area contributed by atoms with Crippen LogP contribution in [0.5, 0.6) is 0 Å². The van der Waals surface area contributed by atoms with E-state index in [1.807, 2.05) is 41.7 Å². The minimum Gasteiger partial charge on any atom is -0.334 e. The molecule has 1 fully saturated rings. The van der Waals surface area contributed by atoms with Crippen molar-refractivity contribution in [2.75, 3.05) is 38.0 Å².